The van der Waals surface area contributed by atoms with Crippen LogP contribution in [0.1, 0.15) is 33.1 Å². The van der Waals surface area contributed by atoms with Crippen LogP contribution in [0.15, 0.2) is 23.1 Å². The summed E-state index contributed by atoms with van der Waals surface area (Å²) in [5.41, 5.74) is 0.200. The van der Waals surface area contributed by atoms with Gasteiger partial charge in [0.2, 0.25) is 5.89 Å². The highest BCUT2D eigenvalue weighted by atomic mass is 16.6. The van der Waals surface area contributed by atoms with Crippen LogP contribution >= 0.6 is 0 Å². The van der Waals surface area contributed by atoms with Crippen molar-refractivity contribution >= 4 is 11.7 Å². The fraction of sp³-hybridized carbons (Fsp3) is 0.538. The van der Waals surface area contributed by atoms with Gasteiger partial charge in [0, 0.05) is 18.2 Å². The number of hydrogen-bond acceptors (Lipinski definition) is 5. The molecule has 0 aliphatic carbocycles. The molecule has 0 aromatic carbocycles. The van der Waals surface area contributed by atoms with Crippen molar-refractivity contribution in [2.24, 2.45) is 0 Å². The Labute approximate surface area is 111 Å². The molecule has 104 valence electrons. The molecule has 2 heterocycles. The number of aliphatic hydroxyl groups excluding tert-OH is 1. The zero-order valence-electron chi connectivity index (χ0n) is 11.3. The third kappa shape index (κ3) is 3.14. The summed E-state index contributed by atoms with van der Waals surface area (Å²) in [5.74, 6) is 0.463. The third-order valence-corrected chi connectivity index (χ3v) is 2.67. The standard InChI is InChI=1S/C13H18N2O4/c1-13(2,3)19-12(17)15-7-9(6-10(15)8-16)11-14-4-5-18-11/h4-5,7,10,16H,6,8H2,1-3H3. The van der Waals surface area contributed by atoms with Crippen LogP contribution in [0.25, 0.3) is 5.57 Å². The second-order valence-corrected chi connectivity index (χ2v) is 5.42. The van der Waals surface area contributed by atoms with E-state index in [1.165, 1.54) is 11.2 Å². The summed E-state index contributed by atoms with van der Waals surface area (Å²) < 4.78 is 10.5. The molecule has 1 unspecified atom stereocenters. The van der Waals surface area contributed by atoms with Gasteiger partial charge < -0.3 is 14.3 Å². The average molecular weight is 266 g/mol. The molecule has 1 aromatic heterocycles. The monoisotopic (exact) mass is 266 g/mol. The smallest absolute Gasteiger partial charge is 0.414 e. The van der Waals surface area contributed by atoms with Gasteiger partial charge in [0.25, 0.3) is 0 Å². The topological polar surface area (TPSA) is 75.8 Å². The molecule has 0 bridgehead atoms. The van der Waals surface area contributed by atoms with Crippen LogP contribution in [0.5, 0.6) is 0 Å². The van der Waals surface area contributed by atoms with Crippen LogP contribution in [0, 0.1) is 0 Å². The number of nitrogens with zero attached hydrogens (tertiary/aromatic N) is 2. The molecule has 6 nitrogen and oxygen atoms in total. The third-order valence-electron chi connectivity index (χ3n) is 2.67. The van der Waals surface area contributed by atoms with Gasteiger partial charge in [-0.1, -0.05) is 0 Å². The molecule has 1 aliphatic rings. The summed E-state index contributed by atoms with van der Waals surface area (Å²) in [4.78, 5) is 17.5. The lowest BCUT2D eigenvalue weighted by Gasteiger charge is -2.26. The largest absolute Gasteiger partial charge is 0.445 e. The van der Waals surface area contributed by atoms with Gasteiger partial charge in [-0.2, -0.15) is 0 Å². The molecule has 6 heteroatoms. The van der Waals surface area contributed by atoms with Crippen LogP contribution in [0.4, 0.5) is 4.79 Å². The number of carbonyl (C=O) groups is 1. The van der Waals surface area contributed by atoms with Crippen molar-refractivity contribution in [3.63, 3.8) is 0 Å². The van der Waals surface area contributed by atoms with E-state index >= 15 is 0 Å². The zero-order valence-corrected chi connectivity index (χ0v) is 11.3. The minimum Gasteiger partial charge on any atom is -0.445 e. The van der Waals surface area contributed by atoms with Gasteiger partial charge in [-0.3, -0.25) is 4.90 Å². The van der Waals surface area contributed by atoms with Crippen molar-refractivity contribution in [1.82, 2.24) is 9.88 Å². The first-order valence-electron chi connectivity index (χ1n) is 6.13. The highest BCUT2D eigenvalue weighted by Crippen LogP contribution is 2.29. The molecule has 0 saturated heterocycles. The van der Waals surface area contributed by atoms with Gasteiger partial charge in [0.1, 0.15) is 11.9 Å². The van der Waals surface area contributed by atoms with Gasteiger partial charge in [-0.15, -0.1) is 0 Å². The summed E-state index contributed by atoms with van der Waals surface area (Å²) in [6, 6.07) is -0.336. The van der Waals surface area contributed by atoms with Gasteiger partial charge in [0.05, 0.1) is 18.8 Å². The maximum atomic E-state index is 12.0. The first-order valence-corrected chi connectivity index (χ1v) is 6.13. The van der Waals surface area contributed by atoms with E-state index in [-0.39, 0.29) is 12.6 Å². The van der Waals surface area contributed by atoms with E-state index in [0.717, 1.165) is 5.57 Å². The molecule has 1 aromatic rings. The molecule has 0 radical (unpaired) electrons. The Balaban J connectivity index is 2.16. The Hall–Kier alpha value is -1.82. The molecule has 19 heavy (non-hydrogen) atoms. The molecule has 1 N–H and O–H groups in total. The van der Waals surface area contributed by atoms with Crippen molar-refractivity contribution in [1.29, 1.82) is 0 Å². The zero-order chi connectivity index (χ0) is 14.0. The van der Waals surface area contributed by atoms with E-state index in [2.05, 4.69) is 4.98 Å². The summed E-state index contributed by atoms with van der Waals surface area (Å²) >= 11 is 0. The summed E-state index contributed by atoms with van der Waals surface area (Å²) in [5, 5.41) is 9.37. The van der Waals surface area contributed by atoms with Crippen LogP contribution in [0.2, 0.25) is 0 Å². The average Bonchev–Trinajstić information content (AvgIpc) is 2.95. The lowest BCUT2D eigenvalue weighted by atomic mass is 10.1. The van der Waals surface area contributed by atoms with Crippen LogP contribution in [-0.4, -0.2) is 39.3 Å². The minimum absolute atomic E-state index is 0.139. The number of amides is 1. The normalized spacial score (nSPS) is 19.5. The number of aromatic nitrogens is 1. The van der Waals surface area contributed by atoms with Gasteiger partial charge in [0.15, 0.2) is 0 Å². The van der Waals surface area contributed by atoms with Crippen molar-refractivity contribution in [2.45, 2.75) is 38.8 Å². The Morgan fingerprint density at radius 3 is 2.89 bits per heavy atom. The van der Waals surface area contributed by atoms with Crippen molar-refractivity contribution in [3.8, 4) is 0 Å². The number of oxazole rings is 1. The predicted molar refractivity (Wildman–Crippen MR) is 68.0 cm³/mol. The van der Waals surface area contributed by atoms with E-state index < -0.39 is 11.7 Å². The van der Waals surface area contributed by atoms with Crippen molar-refractivity contribution in [2.75, 3.05) is 6.61 Å². The van der Waals surface area contributed by atoms with Crippen LogP contribution < -0.4 is 0 Å². The first kappa shape index (κ1) is 13.6. The molecular formula is C13H18N2O4. The fourth-order valence-electron chi connectivity index (χ4n) is 1.87. The molecule has 0 spiro atoms. The van der Waals surface area contributed by atoms with E-state index in [1.54, 1.807) is 33.2 Å². The first-order chi connectivity index (χ1) is 8.90. The van der Waals surface area contributed by atoms with Crippen molar-refractivity contribution in [3.05, 3.63) is 24.6 Å². The molecule has 0 fully saturated rings. The number of rotatable bonds is 2. The number of hydrogen-bond donors (Lipinski definition) is 1. The Bertz CT molecular complexity index is 473. The maximum Gasteiger partial charge on any atom is 0.414 e. The molecule has 2 rings (SSSR count). The predicted octanol–water partition coefficient (Wildman–Crippen LogP) is 2.02. The van der Waals surface area contributed by atoms with E-state index in [1.807, 2.05) is 0 Å². The number of carbonyl (C=O) groups excluding carboxylic acids is 1. The summed E-state index contributed by atoms with van der Waals surface area (Å²) in [7, 11) is 0. The Kier molecular flexibility index (Phi) is 3.61. The lowest BCUT2D eigenvalue weighted by Crippen LogP contribution is -2.39. The molecule has 0 saturated carbocycles. The summed E-state index contributed by atoms with van der Waals surface area (Å²) in [6.45, 7) is 5.26. The Morgan fingerprint density at radius 1 is 1.63 bits per heavy atom. The van der Waals surface area contributed by atoms with Gasteiger partial charge >= 0.3 is 6.09 Å². The van der Waals surface area contributed by atoms with Crippen LogP contribution in [-0.2, 0) is 4.74 Å². The lowest BCUT2D eigenvalue weighted by molar-refractivity contribution is 0.0241. The molecular weight excluding hydrogens is 248 g/mol. The van der Waals surface area contributed by atoms with Crippen LogP contribution in [0.3, 0.4) is 0 Å². The van der Waals surface area contributed by atoms with E-state index in [0.29, 0.717) is 12.3 Å². The molecule has 1 amide bonds. The second kappa shape index (κ2) is 5.05. The van der Waals surface area contributed by atoms with Gasteiger partial charge in [-0.05, 0) is 20.8 Å². The highest BCUT2D eigenvalue weighted by molar-refractivity contribution is 5.75. The Morgan fingerprint density at radius 2 is 2.37 bits per heavy atom. The number of aliphatic hydroxyl groups is 1. The molecule has 1 atom stereocenters. The SMILES string of the molecule is CC(C)(C)OC(=O)N1C=C(c2ncco2)CC1CO. The second-order valence-electron chi connectivity index (χ2n) is 5.42. The summed E-state index contributed by atoms with van der Waals surface area (Å²) in [6.07, 6.45) is 4.66. The minimum atomic E-state index is -0.573. The quantitative estimate of drug-likeness (QED) is 0.886. The highest BCUT2D eigenvalue weighted by Gasteiger charge is 2.33. The number of ether oxygens (including phenoxy) is 1. The fourth-order valence-corrected chi connectivity index (χ4v) is 1.87. The maximum absolute atomic E-state index is 12.0. The van der Waals surface area contributed by atoms with Crippen molar-refractivity contribution < 1.29 is 19.1 Å². The van der Waals surface area contributed by atoms with E-state index in [9.17, 15) is 9.90 Å². The van der Waals surface area contributed by atoms with E-state index in [4.69, 9.17) is 9.15 Å². The molecule has 1 aliphatic heterocycles. The van der Waals surface area contributed by atoms with Gasteiger partial charge in [-0.25, -0.2) is 9.78 Å².